The summed E-state index contributed by atoms with van der Waals surface area (Å²) in [4.78, 5) is 49.0. The average molecular weight is 907 g/mol. The van der Waals surface area contributed by atoms with E-state index in [2.05, 4.69) is 109 Å². The van der Waals surface area contributed by atoms with E-state index in [1.165, 1.54) is 0 Å². The molecule has 0 aromatic carbocycles. The van der Waals surface area contributed by atoms with Gasteiger partial charge in [-0.25, -0.2) is 0 Å². The molecule has 2 unspecified atom stereocenters. The van der Waals surface area contributed by atoms with Gasteiger partial charge in [-0.3, -0.25) is 14.4 Å². The maximum atomic E-state index is 14.2. The van der Waals surface area contributed by atoms with Crippen LogP contribution in [0.25, 0.3) is 0 Å². The molecule has 3 saturated heterocycles. The van der Waals surface area contributed by atoms with Gasteiger partial charge in [-0.2, -0.15) is 31.6 Å². The number of carbonyl (C=O) groups is 3. The maximum absolute atomic E-state index is 14.2. The van der Waals surface area contributed by atoms with E-state index in [4.69, 9.17) is 0 Å². The zero-order valence-corrected chi connectivity index (χ0v) is 40.3. The highest BCUT2D eigenvalue weighted by Crippen LogP contribution is 2.48. The number of nitrogens with one attached hydrogen (secondary N) is 3. The molecule has 0 saturated carbocycles. The Balaban J connectivity index is 1.29. The lowest BCUT2D eigenvalue weighted by molar-refractivity contribution is -0.124. The Morgan fingerprint density at radius 3 is 1.31 bits per heavy atom. The fourth-order valence-corrected chi connectivity index (χ4v) is 11.2. The molecule has 352 valence electrons. The molecule has 0 aromatic rings. The fourth-order valence-electron chi connectivity index (χ4n) is 11.2. The molecule has 0 aromatic heterocycles. The first-order valence-electron chi connectivity index (χ1n) is 24.1. The van der Waals surface area contributed by atoms with Crippen molar-refractivity contribution in [3.63, 3.8) is 0 Å². The first-order valence-corrected chi connectivity index (χ1v) is 24.1. The lowest BCUT2D eigenvalue weighted by atomic mass is 9.67. The van der Waals surface area contributed by atoms with E-state index in [0.717, 1.165) is 94.9 Å². The number of nitriles is 6. The highest BCUT2D eigenvalue weighted by Gasteiger charge is 2.43. The third-order valence-corrected chi connectivity index (χ3v) is 14.5. The summed E-state index contributed by atoms with van der Waals surface area (Å²) < 4.78 is 0. The Kier molecular flexibility index (Phi) is 15.6. The Hall–Kier alpha value is -6.55. The fraction of sp³-hybridized carbons (Fsp3) is 0.635. The first-order chi connectivity index (χ1) is 31.9. The molecule has 3 amide bonds. The molecule has 3 aliphatic heterocycles. The van der Waals surface area contributed by atoms with Crippen LogP contribution in [-0.4, -0.2) is 91.3 Å². The van der Waals surface area contributed by atoms with Crippen LogP contribution in [0, 0.1) is 102 Å². The van der Waals surface area contributed by atoms with E-state index < -0.39 is 35.5 Å². The topological polar surface area (TPSA) is 240 Å². The van der Waals surface area contributed by atoms with Crippen LogP contribution in [0.1, 0.15) is 119 Å². The lowest BCUT2D eigenvalue weighted by Gasteiger charge is -2.41. The molecule has 6 aliphatic rings. The van der Waals surface area contributed by atoms with Gasteiger partial charge < -0.3 is 30.7 Å². The Bertz CT molecular complexity index is 2310. The molecule has 67 heavy (non-hydrogen) atoms. The van der Waals surface area contributed by atoms with Crippen LogP contribution in [0.15, 0.2) is 56.1 Å². The minimum Gasteiger partial charge on any atom is -0.374 e. The van der Waals surface area contributed by atoms with Crippen molar-refractivity contribution in [3.8, 4) is 36.4 Å². The van der Waals surface area contributed by atoms with E-state index in [1.54, 1.807) is 0 Å². The van der Waals surface area contributed by atoms with Gasteiger partial charge in [0, 0.05) is 87.8 Å². The maximum Gasteiger partial charge on any atom is 0.262 e. The molecule has 3 heterocycles. The average Bonchev–Trinajstić information content (AvgIpc) is 4.11. The van der Waals surface area contributed by atoms with Gasteiger partial charge in [0.2, 0.25) is 5.91 Å². The standard InChI is InChI=1S/C52H66N12O3/c1-50(2)19-35(38(25-53)44(22-50)62-13-7-8-14-62)41(28-56)47(65)59-31-34(32-60-48(66)42(29-57)36-20-51(3,4)23-45(39(36)26-54)63-15-9-10-16-63)33-61-49(67)43(30-58)37-21-52(5,6)24-46(40(37)27-55)64-17-11-12-18-64/h34-35,41H,7-24,31-33H2,1-6H3,(H,59,65)(H,60,66)(H,61,67)/b42-36+,43-37+. The third kappa shape index (κ3) is 11.4. The number of carbonyl (C=O) groups excluding carboxylic acids is 3. The highest BCUT2D eigenvalue weighted by atomic mass is 16.2. The second-order valence-corrected chi connectivity index (χ2v) is 21.7. The van der Waals surface area contributed by atoms with Crippen molar-refractivity contribution >= 4 is 17.7 Å². The summed E-state index contributed by atoms with van der Waals surface area (Å²) in [5.74, 6) is -4.57. The van der Waals surface area contributed by atoms with Gasteiger partial charge in [0.1, 0.15) is 41.3 Å². The van der Waals surface area contributed by atoms with Crippen LogP contribution in [0.3, 0.4) is 0 Å². The molecular formula is C52H66N12O3. The molecule has 15 nitrogen and oxygen atoms in total. The minimum atomic E-state index is -1.20. The van der Waals surface area contributed by atoms with Crippen LogP contribution >= 0.6 is 0 Å². The van der Waals surface area contributed by atoms with Crippen molar-refractivity contribution in [1.82, 2.24) is 30.7 Å². The molecule has 0 bridgehead atoms. The molecular weight excluding hydrogens is 841 g/mol. The third-order valence-electron chi connectivity index (χ3n) is 14.5. The number of amides is 3. The van der Waals surface area contributed by atoms with Gasteiger partial charge in [0.05, 0.1) is 28.9 Å². The second kappa shape index (κ2) is 21.0. The normalized spacial score (nSPS) is 24.1. The van der Waals surface area contributed by atoms with Gasteiger partial charge in [-0.1, -0.05) is 41.5 Å². The largest absolute Gasteiger partial charge is 0.374 e. The molecule has 3 aliphatic carbocycles. The van der Waals surface area contributed by atoms with E-state index in [9.17, 15) is 46.0 Å². The molecule has 0 spiro atoms. The Morgan fingerprint density at radius 2 is 0.940 bits per heavy atom. The number of allylic oxidation sites excluding steroid dienone is 8. The predicted octanol–water partition coefficient (Wildman–Crippen LogP) is 6.43. The van der Waals surface area contributed by atoms with Crippen LogP contribution in [-0.2, 0) is 14.4 Å². The van der Waals surface area contributed by atoms with Crippen molar-refractivity contribution in [3.05, 3.63) is 56.1 Å². The highest BCUT2D eigenvalue weighted by molar-refractivity contribution is 6.00. The molecule has 3 fully saturated rings. The molecule has 3 N–H and O–H groups in total. The van der Waals surface area contributed by atoms with Crippen LogP contribution < -0.4 is 16.0 Å². The number of likely N-dealkylation sites (tertiary alicyclic amines) is 3. The minimum absolute atomic E-state index is 0.125. The first kappa shape index (κ1) is 49.9. The van der Waals surface area contributed by atoms with Crippen molar-refractivity contribution in [1.29, 1.82) is 31.6 Å². The van der Waals surface area contributed by atoms with Gasteiger partial charge in [-0.15, -0.1) is 0 Å². The van der Waals surface area contributed by atoms with E-state index in [-0.39, 0.29) is 47.0 Å². The summed E-state index contributed by atoms with van der Waals surface area (Å²) in [6, 6.07) is 13.4. The number of rotatable bonds is 13. The summed E-state index contributed by atoms with van der Waals surface area (Å²) >= 11 is 0. The van der Waals surface area contributed by atoms with Crippen molar-refractivity contribution in [2.75, 3.05) is 58.9 Å². The van der Waals surface area contributed by atoms with Crippen molar-refractivity contribution < 1.29 is 14.4 Å². The number of hydrogen-bond donors (Lipinski definition) is 3. The van der Waals surface area contributed by atoms with E-state index in [0.29, 0.717) is 66.4 Å². The zero-order chi connectivity index (χ0) is 48.7. The molecule has 6 rings (SSSR count). The van der Waals surface area contributed by atoms with Crippen LogP contribution in [0.5, 0.6) is 0 Å². The number of nitrogens with zero attached hydrogens (tertiary/aromatic N) is 9. The van der Waals surface area contributed by atoms with E-state index >= 15 is 0 Å². The number of hydrogen-bond acceptors (Lipinski definition) is 12. The predicted molar refractivity (Wildman–Crippen MR) is 250 cm³/mol. The quantitative estimate of drug-likeness (QED) is 0.134. The summed E-state index contributed by atoms with van der Waals surface area (Å²) in [5.41, 5.74) is 3.22. The van der Waals surface area contributed by atoms with Gasteiger partial charge in [0.25, 0.3) is 11.8 Å². The summed E-state index contributed by atoms with van der Waals surface area (Å²) in [5, 5.41) is 71.5. The lowest BCUT2D eigenvalue weighted by Crippen LogP contribution is -2.46. The summed E-state index contributed by atoms with van der Waals surface area (Å²) in [7, 11) is 0. The second-order valence-electron chi connectivity index (χ2n) is 21.7. The van der Waals surface area contributed by atoms with Gasteiger partial charge in [-0.05, 0) is 104 Å². The molecule has 15 heteroatoms. The summed E-state index contributed by atoms with van der Waals surface area (Å²) in [6.07, 6.45) is 9.05. The van der Waals surface area contributed by atoms with Crippen molar-refractivity contribution in [2.24, 2.45) is 34.0 Å². The Labute approximate surface area is 397 Å². The Morgan fingerprint density at radius 1 is 0.552 bits per heavy atom. The van der Waals surface area contributed by atoms with Crippen molar-refractivity contribution in [2.45, 2.75) is 119 Å². The van der Waals surface area contributed by atoms with Crippen LogP contribution in [0.2, 0.25) is 0 Å². The van der Waals surface area contributed by atoms with Gasteiger partial charge >= 0.3 is 0 Å². The summed E-state index contributed by atoms with van der Waals surface area (Å²) in [6.45, 7) is 16.8. The monoisotopic (exact) mass is 907 g/mol. The van der Waals surface area contributed by atoms with Crippen LogP contribution in [0.4, 0.5) is 0 Å². The SMILES string of the molecule is CC1(C)CC(N2CCCC2)=C(C#N)/C(=C(\C#N)C(=O)NCC(CNC(=O)/C(C#N)=C2\CC(C)(C)CC(N3CCCC3)=C2C#N)CNC(=O)C(C#N)C2CC(C)(C)CC(N3CCCC3)=C2C#N)C1. The smallest absolute Gasteiger partial charge is 0.262 e. The zero-order valence-electron chi connectivity index (χ0n) is 40.3. The van der Waals surface area contributed by atoms with Gasteiger partial charge in [0.15, 0.2) is 0 Å². The van der Waals surface area contributed by atoms with E-state index in [1.807, 2.05) is 0 Å². The molecule has 2 atom stereocenters. The molecule has 0 radical (unpaired) electrons.